The Balaban J connectivity index is 2.55. The minimum Gasteiger partial charge on any atom is -0.435 e. The molecule has 0 radical (unpaired) electrons. The third-order valence-electron chi connectivity index (χ3n) is 2.56. The molecule has 0 fully saturated rings. The Morgan fingerprint density at radius 2 is 1.78 bits per heavy atom. The molecule has 2 unspecified atom stereocenters. The van der Waals surface area contributed by atoms with Gasteiger partial charge in [0.2, 0.25) is 0 Å². The zero-order valence-electron chi connectivity index (χ0n) is 10.8. The fraction of sp³-hybridized carbons (Fsp3) is 0.538. The minimum atomic E-state index is -2.78. The van der Waals surface area contributed by atoms with E-state index in [1.54, 1.807) is 31.4 Å². The molecule has 1 N–H and O–H groups in total. The van der Waals surface area contributed by atoms with Gasteiger partial charge in [0.15, 0.2) is 0 Å². The van der Waals surface area contributed by atoms with E-state index < -0.39 is 6.61 Å². The van der Waals surface area contributed by atoms with Crippen LogP contribution < -0.4 is 10.1 Å². The van der Waals surface area contributed by atoms with Crippen molar-refractivity contribution in [3.63, 3.8) is 0 Å². The summed E-state index contributed by atoms with van der Waals surface area (Å²) in [5, 5.41) is 3.34. The molecule has 0 saturated carbocycles. The molecule has 1 aromatic carbocycles. The molecule has 18 heavy (non-hydrogen) atoms. The summed E-state index contributed by atoms with van der Waals surface area (Å²) in [4.78, 5) is 0. The predicted molar refractivity (Wildman–Crippen MR) is 66.0 cm³/mol. The van der Waals surface area contributed by atoms with Gasteiger partial charge < -0.3 is 14.8 Å². The van der Waals surface area contributed by atoms with Crippen LogP contribution in [-0.2, 0) is 4.74 Å². The lowest BCUT2D eigenvalue weighted by Gasteiger charge is -2.20. The van der Waals surface area contributed by atoms with Crippen LogP contribution in [0, 0.1) is 0 Å². The van der Waals surface area contributed by atoms with Gasteiger partial charge in [-0.15, -0.1) is 0 Å². The summed E-state index contributed by atoms with van der Waals surface area (Å²) >= 11 is 0. The van der Waals surface area contributed by atoms with E-state index in [1.165, 1.54) is 0 Å². The van der Waals surface area contributed by atoms with E-state index in [1.807, 2.05) is 13.8 Å². The lowest BCUT2D eigenvalue weighted by molar-refractivity contribution is -0.0498. The summed E-state index contributed by atoms with van der Waals surface area (Å²) in [6.45, 7) is 1.87. The molecule has 0 heterocycles. The summed E-state index contributed by atoms with van der Waals surface area (Å²) in [6, 6.07) is 6.98. The Labute approximate surface area is 106 Å². The molecule has 0 spiro atoms. The van der Waals surface area contributed by atoms with Gasteiger partial charge in [-0.3, -0.25) is 0 Å². The average Bonchev–Trinajstić information content (AvgIpc) is 2.29. The topological polar surface area (TPSA) is 30.5 Å². The number of methoxy groups -OCH3 is 1. The van der Waals surface area contributed by atoms with Crippen molar-refractivity contribution < 1.29 is 18.3 Å². The van der Waals surface area contributed by atoms with Crippen molar-refractivity contribution in [2.75, 3.05) is 13.7 Å². The molecular formula is C13H19F2NO2. The monoisotopic (exact) mass is 259 g/mol. The molecule has 0 aromatic heterocycles. The van der Waals surface area contributed by atoms with Crippen LogP contribution in [0.5, 0.6) is 5.75 Å². The molecule has 3 nitrogen and oxygen atoms in total. The van der Waals surface area contributed by atoms with Crippen LogP contribution in [-0.4, -0.2) is 26.4 Å². The van der Waals surface area contributed by atoms with Crippen LogP contribution >= 0.6 is 0 Å². The van der Waals surface area contributed by atoms with E-state index in [9.17, 15) is 8.78 Å². The van der Waals surface area contributed by atoms with Gasteiger partial charge in [0.25, 0.3) is 0 Å². The van der Waals surface area contributed by atoms with Crippen molar-refractivity contribution in [1.29, 1.82) is 0 Å². The van der Waals surface area contributed by atoms with Crippen LogP contribution in [0.1, 0.15) is 25.5 Å². The van der Waals surface area contributed by atoms with Gasteiger partial charge in [-0.1, -0.05) is 12.1 Å². The highest BCUT2D eigenvalue weighted by Crippen LogP contribution is 2.19. The van der Waals surface area contributed by atoms with E-state index in [-0.39, 0.29) is 17.8 Å². The molecule has 5 heteroatoms. The second kappa shape index (κ2) is 7.28. The number of hydrogen-bond acceptors (Lipinski definition) is 3. The van der Waals surface area contributed by atoms with Gasteiger partial charge in [0, 0.05) is 19.2 Å². The predicted octanol–water partition coefficient (Wildman–Crippen LogP) is 2.97. The third kappa shape index (κ3) is 4.98. The van der Waals surface area contributed by atoms with Crippen molar-refractivity contribution in [1.82, 2.24) is 5.32 Å². The Morgan fingerprint density at radius 1 is 1.17 bits per heavy atom. The smallest absolute Gasteiger partial charge is 0.387 e. The van der Waals surface area contributed by atoms with Crippen molar-refractivity contribution in [2.45, 2.75) is 32.5 Å². The highest BCUT2D eigenvalue weighted by atomic mass is 19.3. The molecule has 0 aliphatic rings. The van der Waals surface area contributed by atoms with E-state index in [0.717, 1.165) is 5.56 Å². The lowest BCUT2D eigenvalue weighted by atomic mass is 10.1. The zero-order chi connectivity index (χ0) is 13.5. The largest absolute Gasteiger partial charge is 0.435 e. The molecule has 0 bridgehead atoms. The Kier molecular flexibility index (Phi) is 6.01. The van der Waals surface area contributed by atoms with Crippen LogP contribution in [0.2, 0.25) is 0 Å². The quantitative estimate of drug-likeness (QED) is 0.816. The fourth-order valence-corrected chi connectivity index (χ4v) is 1.76. The maximum Gasteiger partial charge on any atom is 0.387 e. The van der Waals surface area contributed by atoms with Crippen LogP contribution in [0.25, 0.3) is 0 Å². The van der Waals surface area contributed by atoms with Crippen LogP contribution in [0.3, 0.4) is 0 Å². The molecular weight excluding hydrogens is 240 g/mol. The van der Waals surface area contributed by atoms with E-state index in [4.69, 9.17) is 4.74 Å². The zero-order valence-corrected chi connectivity index (χ0v) is 10.8. The first-order valence-corrected chi connectivity index (χ1v) is 5.82. The highest BCUT2D eigenvalue weighted by Gasteiger charge is 2.10. The number of hydrogen-bond donors (Lipinski definition) is 1. The molecule has 0 aliphatic heterocycles. The third-order valence-corrected chi connectivity index (χ3v) is 2.56. The number of benzene rings is 1. The standard InChI is InChI=1S/C13H19F2NO2/c1-9(8-17-3)16-10(2)11-4-6-12(7-5-11)18-13(14)15/h4-7,9-10,13,16H,8H2,1-3H3. The van der Waals surface area contributed by atoms with Gasteiger partial charge in [0.1, 0.15) is 5.75 Å². The SMILES string of the molecule is COCC(C)NC(C)c1ccc(OC(F)F)cc1. The molecule has 0 aliphatic carbocycles. The Bertz CT molecular complexity index is 343. The summed E-state index contributed by atoms with van der Waals surface area (Å²) in [5.74, 6) is 0.172. The average molecular weight is 259 g/mol. The van der Waals surface area contributed by atoms with Crippen LogP contribution in [0.4, 0.5) is 8.78 Å². The Hall–Kier alpha value is -1.20. The van der Waals surface area contributed by atoms with Gasteiger partial charge in [-0.25, -0.2) is 0 Å². The second-order valence-corrected chi connectivity index (χ2v) is 4.19. The van der Waals surface area contributed by atoms with E-state index >= 15 is 0 Å². The fourth-order valence-electron chi connectivity index (χ4n) is 1.76. The number of alkyl halides is 2. The van der Waals surface area contributed by atoms with Crippen molar-refractivity contribution >= 4 is 0 Å². The highest BCUT2D eigenvalue weighted by molar-refractivity contribution is 5.29. The maximum atomic E-state index is 12.0. The summed E-state index contributed by atoms with van der Waals surface area (Å²) in [6.07, 6.45) is 0. The van der Waals surface area contributed by atoms with E-state index in [2.05, 4.69) is 10.1 Å². The number of rotatable bonds is 7. The maximum absolute atomic E-state index is 12.0. The van der Waals surface area contributed by atoms with Gasteiger partial charge in [-0.05, 0) is 31.5 Å². The molecule has 1 aromatic rings. The van der Waals surface area contributed by atoms with Crippen molar-refractivity contribution in [3.8, 4) is 5.75 Å². The van der Waals surface area contributed by atoms with Gasteiger partial charge >= 0.3 is 6.61 Å². The molecule has 0 saturated heterocycles. The number of halogens is 2. The lowest BCUT2D eigenvalue weighted by Crippen LogP contribution is -2.32. The first-order valence-electron chi connectivity index (χ1n) is 5.82. The normalized spacial score (nSPS) is 14.6. The second-order valence-electron chi connectivity index (χ2n) is 4.19. The van der Waals surface area contributed by atoms with E-state index in [0.29, 0.717) is 6.61 Å². The molecule has 102 valence electrons. The van der Waals surface area contributed by atoms with Crippen molar-refractivity contribution in [3.05, 3.63) is 29.8 Å². The number of ether oxygens (including phenoxy) is 2. The number of nitrogens with one attached hydrogen (secondary N) is 1. The summed E-state index contributed by atoms with van der Waals surface area (Å²) in [5.41, 5.74) is 1.01. The first kappa shape index (κ1) is 14.9. The minimum absolute atomic E-state index is 0.121. The first-order chi connectivity index (χ1) is 8.52. The van der Waals surface area contributed by atoms with Crippen LogP contribution in [0.15, 0.2) is 24.3 Å². The van der Waals surface area contributed by atoms with Crippen molar-refractivity contribution in [2.24, 2.45) is 0 Å². The molecule has 2 atom stereocenters. The molecule has 1 rings (SSSR count). The van der Waals surface area contributed by atoms with Gasteiger partial charge in [-0.2, -0.15) is 8.78 Å². The van der Waals surface area contributed by atoms with Gasteiger partial charge in [0.05, 0.1) is 6.61 Å². The Morgan fingerprint density at radius 3 is 2.28 bits per heavy atom. The summed E-state index contributed by atoms with van der Waals surface area (Å²) < 4.78 is 33.3. The molecule has 0 amide bonds. The summed E-state index contributed by atoms with van der Waals surface area (Å²) in [7, 11) is 1.65.